The van der Waals surface area contributed by atoms with Gasteiger partial charge in [-0.25, -0.2) is 4.99 Å². The van der Waals surface area contributed by atoms with Crippen LogP contribution in [0.4, 0.5) is 5.69 Å². The zero-order chi connectivity index (χ0) is 43.6. The van der Waals surface area contributed by atoms with E-state index in [9.17, 15) is 28.8 Å². The molecule has 0 unspecified atom stereocenters. The molecule has 11 N–H and O–H groups in total. The van der Waals surface area contributed by atoms with Crippen molar-refractivity contribution in [2.45, 2.75) is 57.2 Å². The Morgan fingerprint density at radius 3 is 2.34 bits per heavy atom. The number of ether oxygens (including phenoxy) is 1. The van der Waals surface area contributed by atoms with Crippen molar-refractivity contribution in [3.63, 3.8) is 0 Å². The fourth-order valence-electron chi connectivity index (χ4n) is 7.43. The van der Waals surface area contributed by atoms with Gasteiger partial charge in [-0.2, -0.15) is 0 Å². The number of piperidine rings is 1. The van der Waals surface area contributed by atoms with Gasteiger partial charge in [0, 0.05) is 57.8 Å². The molecule has 2 aliphatic rings. The lowest BCUT2D eigenvalue weighted by molar-refractivity contribution is -0.141. The Morgan fingerprint density at radius 2 is 1.61 bits per heavy atom. The largest absolute Gasteiger partial charge is 0.378 e. The highest BCUT2D eigenvalue weighted by Crippen LogP contribution is 2.35. The molecule has 1 fully saturated rings. The van der Waals surface area contributed by atoms with Gasteiger partial charge in [-0.3, -0.25) is 28.8 Å². The summed E-state index contributed by atoms with van der Waals surface area (Å²) >= 11 is 0. The average Bonchev–Trinajstić information content (AvgIpc) is 3.25. The number of benzene rings is 3. The minimum Gasteiger partial charge on any atom is -0.378 e. The number of hydrogen-bond acceptors (Lipinski definition) is 9. The molecule has 3 atom stereocenters. The summed E-state index contributed by atoms with van der Waals surface area (Å²) in [6, 6.07) is 21.4. The number of hydrogen-bond donors (Lipinski definition) is 8. The van der Waals surface area contributed by atoms with Gasteiger partial charge in [-0.15, -0.1) is 0 Å². The second-order valence-corrected chi connectivity index (χ2v) is 15.1. The standard InChI is InChI=1S/C44H56N10O7/c45-19-23-61-24-21-49-40(58)35-17-20-48-37(55)15-16-39(57)54-22-6-18-44(29-54,27-31-7-2-1-3-8-31)42(60)53-36(25-30-11-13-34(14-12-30)51-43(46)47)41(59)50-28-33-10-5-4-9-32(33)26-38(56)52-35/h1-5,7-16,35-36H,6,17-29,45H2,(H,48,55)(H,49,58)(H,50,59)(H,52,56)(H,53,60)(H4,46,47,51)/b16-15+/t35-,36-,44-/m0/s1. The Labute approximate surface area is 355 Å². The van der Waals surface area contributed by atoms with Crippen LogP contribution in [-0.4, -0.2) is 104 Å². The van der Waals surface area contributed by atoms with Crippen LogP contribution in [0, 0.1) is 5.41 Å². The Hall–Kier alpha value is -6.59. The lowest BCUT2D eigenvalue weighted by Crippen LogP contribution is -2.58. The van der Waals surface area contributed by atoms with Crippen LogP contribution in [0.1, 0.15) is 41.5 Å². The van der Waals surface area contributed by atoms with Crippen LogP contribution in [0.3, 0.4) is 0 Å². The van der Waals surface area contributed by atoms with Crippen LogP contribution >= 0.6 is 0 Å². The van der Waals surface area contributed by atoms with Crippen LogP contribution in [0.15, 0.2) is 96.0 Å². The van der Waals surface area contributed by atoms with E-state index in [0.717, 1.165) is 23.3 Å². The van der Waals surface area contributed by atoms with Gasteiger partial charge in [0.1, 0.15) is 12.1 Å². The third kappa shape index (κ3) is 14.0. The Bertz CT molecular complexity index is 2060. The summed E-state index contributed by atoms with van der Waals surface area (Å²) in [5.74, 6) is -2.94. The van der Waals surface area contributed by atoms with Crippen LogP contribution in [0.25, 0.3) is 0 Å². The summed E-state index contributed by atoms with van der Waals surface area (Å²) in [6.45, 7) is 1.50. The summed E-state index contributed by atoms with van der Waals surface area (Å²) in [6.07, 6.45) is 3.54. The van der Waals surface area contributed by atoms with E-state index in [1.807, 2.05) is 30.3 Å². The van der Waals surface area contributed by atoms with Crippen molar-refractivity contribution in [3.05, 3.63) is 113 Å². The zero-order valence-corrected chi connectivity index (χ0v) is 34.2. The number of carbonyl (C=O) groups is 6. The highest BCUT2D eigenvalue weighted by Gasteiger charge is 2.44. The SMILES string of the molecule is NCCOCCNC(=O)[C@@H]1CCNC(=O)/C=C/C(=O)N2CCC[C@](Cc3ccccc3)(C2)C(=O)N[C@@H](Cc2ccc(N=C(N)N)cc2)C(=O)NCc2ccccc2CC(=O)N1. The Kier molecular flexibility index (Phi) is 16.9. The molecule has 1 saturated heterocycles. The minimum atomic E-state index is -1.12. The lowest BCUT2D eigenvalue weighted by Gasteiger charge is -2.42. The molecule has 3 aromatic carbocycles. The van der Waals surface area contributed by atoms with E-state index in [1.54, 1.807) is 53.4 Å². The second kappa shape index (κ2) is 22.7. The van der Waals surface area contributed by atoms with E-state index in [1.165, 1.54) is 0 Å². The minimum absolute atomic E-state index is 0.00761. The van der Waals surface area contributed by atoms with Gasteiger partial charge < -0.3 is 53.4 Å². The molecule has 5 rings (SSSR count). The molecule has 61 heavy (non-hydrogen) atoms. The first-order valence-corrected chi connectivity index (χ1v) is 20.4. The molecule has 3 aromatic rings. The molecular weight excluding hydrogens is 781 g/mol. The average molecular weight is 837 g/mol. The monoisotopic (exact) mass is 836 g/mol. The second-order valence-electron chi connectivity index (χ2n) is 15.1. The van der Waals surface area contributed by atoms with Crippen molar-refractivity contribution in [1.82, 2.24) is 31.5 Å². The van der Waals surface area contributed by atoms with Crippen LogP contribution in [0.2, 0.25) is 0 Å². The van der Waals surface area contributed by atoms with E-state index in [4.69, 9.17) is 21.9 Å². The zero-order valence-electron chi connectivity index (χ0n) is 34.2. The fraction of sp³-hybridized carbons (Fsp3) is 0.386. The summed E-state index contributed by atoms with van der Waals surface area (Å²) in [4.78, 5) is 87.9. The molecule has 2 aliphatic heterocycles. The third-order valence-corrected chi connectivity index (χ3v) is 10.5. The van der Waals surface area contributed by atoms with E-state index >= 15 is 0 Å². The number of nitrogens with zero attached hydrogens (tertiary/aromatic N) is 2. The van der Waals surface area contributed by atoms with Gasteiger partial charge in [0.25, 0.3) is 0 Å². The van der Waals surface area contributed by atoms with Crippen LogP contribution in [-0.2, 0) is 59.3 Å². The normalized spacial score (nSPS) is 21.2. The molecule has 2 bridgehead atoms. The highest BCUT2D eigenvalue weighted by atomic mass is 16.5. The van der Waals surface area contributed by atoms with Crippen molar-refractivity contribution in [2.75, 3.05) is 45.9 Å². The summed E-state index contributed by atoms with van der Waals surface area (Å²) < 4.78 is 5.35. The van der Waals surface area contributed by atoms with Crippen molar-refractivity contribution < 1.29 is 33.5 Å². The van der Waals surface area contributed by atoms with Gasteiger partial charge in [-0.1, -0.05) is 66.7 Å². The number of carbonyl (C=O) groups excluding carboxylic acids is 6. The third-order valence-electron chi connectivity index (χ3n) is 10.5. The van der Waals surface area contributed by atoms with Crippen LogP contribution < -0.4 is 43.8 Å². The smallest absolute Gasteiger partial charge is 0.246 e. The molecule has 324 valence electrons. The van der Waals surface area contributed by atoms with E-state index in [0.29, 0.717) is 55.8 Å². The van der Waals surface area contributed by atoms with Crippen molar-refractivity contribution >= 4 is 47.1 Å². The van der Waals surface area contributed by atoms with Gasteiger partial charge in [0.15, 0.2) is 5.96 Å². The molecule has 0 aliphatic carbocycles. The molecule has 6 amide bonds. The number of amides is 6. The number of rotatable bonds is 11. The number of guanidine groups is 1. The number of fused-ring (bicyclic) bond motifs is 3. The van der Waals surface area contributed by atoms with Crippen LogP contribution in [0.5, 0.6) is 0 Å². The molecule has 0 saturated carbocycles. The van der Waals surface area contributed by atoms with Gasteiger partial charge in [0.2, 0.25) is 35.4 Å². The Balaban J connectivity index is 1.47. The van der Waals surface area contributed by atoms with Gasteiger partial charge in [-0.05, 0) is 60.1 Å². The number of nitrogens with one attached hydrogen (secondary N) is 5. The van der Waals surface area contributed by atoms with Gasteiger partial charge >= 0.3 is 0 Å². The predicted molar refractivity (Wildman–Crippen MR) is 230 cm³/mol. The van der Waals surface area contributed by atoms with Crippen molar-refractivity contribution in [3.8, 4) is 0 Å². The molecule has 17 nitrogen and oxygen atoms in total. The Morgan fingerprint density at radius 1 is 0.869 bits per heavy atom. The fourth-order valence-corrected chi connectivity index (χ4v) is 7.43. The van der Waals surface area contributed by atoms with E-state index < -0.39 is 52.9 Å². The first kappa shape index (κ1) is 45.5. The lowest BCUT2D eigenvalue weighted by atomic mass is 9.74. The van der Waals surface area contributed by atoms with Crippen molar-refractivity contribution in [1.29, 1.82) is 0 Å². The van der Waals surface area contributed by atoms with Crippen molar-refractivity contribution in [2.24, 2.45) is 27.6 Å². The molecule has 17 heteroatoms. The molecular formula is C44H56N10O7. The summed E-state index contributed by atoms with van der Waals surface area (Å²) in [5.41, 5.74) is 18.8. The summed E-state index contributed by atoms with van der Waals surface area (Å²) in [5, 5.41) is 14.3. The maximum absolute atomic E-state index is 14.7. The molecule has 0 radical (unpaired) electrons. The number of aliphatic imine (C=N–C) groups is 1. The maximum Gasteiger partial charge on any atom is 0.246 e. The molecule has 0 aromatic heterocycles. The molecule has 0 spiro atoms. The van der Waals surface area contributed by atoms with Gasteiger partial charge in [0.05, 0.1) is 30.7 Å². The predicted octanol–water partition coefficient (Wildman–Crippen LogP) is -0.0184. The quantitative estimate of drug-likeness (QED) is 0.0727. The topological polar surface area (TPSA) is 265 Å². The maximum atomic E-state index is 14.7. The first-order valence-electron chi connectivity index (χ1n) is 20.4. The number of nitrogens with two attached hydrogens (primary N) is 3. The van der Waals surface area contributed by atoms with E-state index in [-0.39, 0.29) is 58.0 Å². The molecule has 2 heterocycles. The van der Waals surface area contributed by atoms with E-state index in [2.05, 4.69) is 31.6 Å². The summed E-state index contributed by atoms with van der Waals surface area (Å²) in [7, 11) is 0. The first-order chi connectivity index (χ1) is 29.4. The highest BCUT2D eigenvalue weighted by molar-refractivity contribution is 5.97.